The highest BCUT2D eigenvalue weighted by atomic mass is 35.5. The molecule has 1 fully saturated rings. The van der Waals surface area contributed by atoms with Crippen molar-refractivity contribution >= 4 is 17.2 Å². The van der Waals surface area contributed by atoms with E-state index in [0.29, 0.717) is 16.8 Å². The maximum Gasteiger partial charge on any atom is 0.198 e. The van der Waals surface area contributed by atoms with Crippen molar-refractivity contribution < 1.29 is 0 Å². The van der Waals surface area contributed by atoms with Gasteiger partial charge < -0.3 is 5.32 Å². The van der Waals surface area contributed by atoms with E-state index in [1.807, 2.05) is 10.6 Å². The molecule has 3 rings (SSSR count). The first-order valence-corrected chi connectivity index (χ1v) is 5.32. The number of hydrogen-bond acceptors (Lipinski definition) is 4. The lowest BCUT2D eigenvalue weighted by atomic mass is 10.2. The van der Waals surface area contributed by atoms with Gasteiger partial charge in [-0.15, -0.1) is 10.2 Å². The quantitative estimate of drug-likeness (QED) is 0.790. The first kappa shape index (κ1) is 9.06. The zero-order chi connectivity index (χ0) is 10.3. The molecule has 2 aromatic rings. The summed E-state index contributed by atoms with van der Waals surface area (Å²) < 4.78 is 1.90. The van der Waals surface area contributed by atoms with Crippen molar-refractivity contribution in [3.63, 3.8) is 0 Å². The van der Waals surface area contributed by atoms with Gasteiger partial charge in [0.15, 0.2) is 16.6 Å². The maximum absolute atomic E-state index is 5.92. The monoisotopic (exact) mass is 223 g/mol. The van der Waals surface area contributed by atoms with E-state index in [2.05, 4.69) is 20.5 Å². The molecule has 1 N–H and O–H groups in total. The molecule has 78 valence electrons. The standard InChI is InChI=1S/C9H10ClN5/c10-7-9-14-13-8(6-2-1-3-11-6)15(9)5-4-12-7/h4-6,11H,1-3H2. The van der Waals surface area contributed by atoms with E-state index in [1.165, 1.54) is 6.42 Å². The first-order chi connectivity index (χ1) is 7.36. The van der Waals surface area contributed by atoms with Crippen LogP contribution in [0.2, 0.25) is 5.15 Å². The first-order valence-electron chi connectivity index (χ1n) is 4.95. The van der Waals surface area contributed by atoms with Gasteiger partial charge in [-0.05, 0) is 19.4 Å². The molecule has 3 heterocycles. The van der Waals surface area contributed by atoms with Crippen molar-refractivity contribution in [2.75, 3.05) is 6.54 Å². The molecule has 0 spiro atoms. The number of hydrogen-bond donors (Lipinski definition) is 1. The zero-order valence-corrected chi connectivity index (χ0v) is 8.78. The highest BCUT2D eigenvalue weighted by Crippen LogP contribution is 2.23. The van der Waals surface area contributed by atoms with Crippen molar-refractivity contribution in [3.8, 4) is 0 Å². The van der Waals surface area contributed by atoms with Crippen LogP contribution in [0.4, 0.5) is 0 Å². The lowest BCUT2D eigenvalue weighted by Gasteiger charge is -2.07. The van der Waals surface area contributed by atoms with Gasteiger partial charge in [0.1, 0.15) is 0 Å². The minimum atomic E-state index is 0.290. The average molecular weight is 224 g/mol. The molecular formula is C9H10ClN5. The molecule has 0 bridgehead atoms. The molecule has 0 amide bonds. The van der Waals surface area contributed by atoms with Crippen LogP contribution in [0.25, 0.3) is 5.65 Å². The summed E-state index contributed by atoms with van der Waals surface area (Å²) in [4.78, 5) is 3.97. The summed E-state index contributed by atoms with van der Waals surface area (Å²) in [5.41, 5.74) is 0.628. The number of nitrogens with one attached hydrogen (secondary N) is 1. The van der Waals surface area contributed by atoms with Crippen LogP contribution >= 0.6 is 11.6 Å². The second-order valence-electron chi connectivity index (χ2n) is 3.62. The molecular weight excluding hydrogens is 214 g/mol. The van der Waals surface area contributed by atoms with Crippen LogP contribution in [0.1, 0.15) is 24.7 Å². The molecule has 1 aliphatic rings. The molecule has 2 aromatic heterocycles. The van der Waals surface area contributed by atoms with Crippen LogP contribution in [0.3, 0.4) is 0 Å². The molecule has 15 heavy (non-hydrogen) atoms. The normalized spacial score (nSPS) is 21.3. The zero-order valence-electron chi connectivity index (χ0n) is 8.02. The Bertz CT molecular complexity index is 488. The van der Waals surface area contributed by atoms with Gasteiger partial charge in [0.2, 0.25) is 0 Å². The fourth-order valence-corrected chi connectivity index (χ4v) is 2.14. The average Bonchev–Trinajstić information content (AvgIpc) is 2.85. The van der Waals surface area contributed by atoms with E-state index < -0.39 is 0 Å². The Morgan fingerprint density at radius 1 is 1.47 bits per heavy atom. The molecule has 6 heteroatoms. The maximum atomic E-state index is 5.92. The van der Waals surface area contributed by atoms with E-state index >= 15 is 0 Å². The second kappa shape index (κ2) is 3.43. The van der Waals surface area contributed by atoms with Crippen LogP contribution < -0.4 is 5.32 Å². The predicted octanol–water partition coefficient (Wildman–Crippen LogP) is 1.20. The van der Waals surface area contributed by atoms with Gasteiger partial charge in [0.25, 0.3) is 0 Å². The minimum absolute atomic E-state index is 0.290. The van der Waals surface area contributed by atoms with Crippen LogP contribution in [0, 0.1) is 0 Å². The van der Waals surface area contributed by atoms with Gasteiger partial charge in [-0.25, -0.2) is 4.98 Å². The van der Waals surface area contributed by atoms with Gasteiger partial charge in [-0.1, -0.05) is 11.6 Å². The highest BCUT2D eigenvalue weighted by Gasteiger charge is 2.22. The Morgan fingerprint density at radius 2 is 2.40 bits per heavy atom. The summed E-state index contributed by atoms with van der Waals surface area (Å²) in [5, 5.41) is 12.0. The third-order valence-corrected chi connectivity index (χ3v) is 2.95. The van der Waals surface area contributed by atoms with E-state index in [0.717, 1.165) is 18.8 Å². The SMILES string of the molecule is Clc1nccn2c(C3CCCN3)nnc12. The molecule has 0 aliphatic carbocycles. The third-order valence-electron chi connectivity index (χ3n) is 2.68. The second-order valence-corrected chi connectivity index (χ2v) is 3.98. The van der Waals surface area contributed by atoms with Crippen molar-refractivity contribution in [3.05, 3.63) is 23.4 Å². The van der Waals surface area contributed by atoms with E-state index in [4.69, 9.17) is 11.6 Å². The van der Waals surface area contributed by atoms with Crippen LogP contribution in [-0.4, -0.2) is 26.1 Å². The summed E-state index contributed by atoms with van der Waals surface area (Å²) in [6.07, 6.45) is 5.78. The van der Waals surface area contributed by atoms with Crippen molar-refractivity contribution in [2.45, 2.75) is 18.9 Å². The molecule has 5 nitrogen and oxygen atoms in total. The van der Waals surface area contributed by atoms with Crippen LogP contribution in [0.5, 0.6) is 0 Å². The molecule has 1 atom stereocenters. The number of aromatic nitrogens is 4. The Labute approximate surface area is 91.5 Å². The van der Waals surface area contributed by atoms with E-state index in [-0.39, 0.29) is 0 Å². The van der Waals surface area contributed by atoms with Gasteiger partial charge >= 0.3 is 0 Å². The fraction of sp³-hybridized carbons (Fsp3) is 0.444. The number of rotatable bonds is 1. The lowest BCUT2D eigenvalue weighted by Crippen LogP contribution is -2.15. The molecule has 1 saturated heterocycles. The van der Waals surface area contributed by atoms with E-state index in [9.17, 15) is 0 Å². The number of nitrogens with zero attached hydrogens (tertiary/aromatic N) is 4. The highest BCUT2D eigenvalue weighted by molar-refractivity contribution is 6.32. The minimum Gasteiger partial charge on any atom is -0.307 e. The Hall–Kier alpha value is -1.20. The van der Waals surface area contributed by atoms with Gasteiger partial charge in [0.05, 0.1) is 6.04 Å². The molecule has 0 saturated carbocycles. The van der Waals surface area contributed by atoms with Crippen LogP contribution in [0.15, 0.2) is 12.4 Å². The van der Waals surface area contributed by atoms with Crippen molar-refractivity contribution in [1.29, 1.82) is 0 Å². The smallest absolute Gasteiger partial charge is 0.198 e. The largest absolute Gasteiger partial charge is 0.307 e. The molecule has 0 radical (unpaired) electrons. The summed E-state index contributed by atoms with van der Waals surface area (Å²) in [7, 11) is 0. The van der Waals surface area contributed by atoms with Gasteiger partial charge in [0, 0.05) is 12.4 Å². The van der Waals surface area contributed by atoms with Crippen LogP contribution in [-0.2, 0) is 0 Å². The van der Waals surface area contributed by atoms with E-state index in [1.54, 1.807) is 6.20 Å². The molecule has 1 aliphatic heterocycles. The topological polar surface area (TPSA) is 55.1 Å². The Kier molecular flexibility index (Phi) is 2.07. The Balaban J connectivity index is 2.15. The summed E-state index contributed by atoms with van der Waals surface area (Å²) in [6.45, 7) is 1.04. The predicted molar refractivity (Wildman–Crippen MR) is 55.8 cm³/mol. The summed E-state index contributed by atoms with van der Waals surface area (Å²) in [5.74, 6) is 0.923. The van der Waals surface area contributed by atoms with Crippen molar-refractivity contribution in [2.24, 2.45) is 0 Å². The Morgan fingerprint density at radius 3 is 3.20 bits per heavy atom. The third kappa shape index (κ3) is 1.39. The summed E-state index contributed by atoms with van der Waals surface area (Å²) >= 11 is 5.92. The van der Waals surface area contributed by atoms with Gasteiger partial charge in [-0.3, -0.25) is 4.40 Å². The fourth-order valence-electron chi connectivity index (χ4n) is 1.96. The number of fused-ring (bicyclic) bond motifs is 1. The molecule has 0 aromatic carbocycles. The summed E-state index contributed by atoms with van der Waals surface area (Å²) in [6, 6.07) is 0.290. The van der Waals surface area contributed by atoms with Crippen molar-refractivity contribution in [1.82, 2.24) is 24.9 Å². The lowest BCUT2D eigenvalue weighted by molar-refractivity contribution is 0.598. The molecule has 1 unspecified atom stereocenters. The number of halogens is 1. The van der Waals surface area contributed by atoms with Gasteiger partial charge in [-0.2, -0.15) is 0 Å².